The average Bonchev–Trinajstić information content (AvgIpc) is 2.78. The zero-order valence-electron chi connectivity index (χ0n) is 15.1. The number of rotatable bonds is 12. The fourth-order valence-corrected chi connectivity index (χ4v) is 4.24. The molecule has 160 valence electrons. The van der Waals surface area contributed by atoms with E-state index in [1.807, 2.05) is 0 Å². The fraction of sp³-hybridized carbons (Fsp3) is 0.812. The lowest BCUT2D eigenvalue weighted by Gasteiger charge is -2.56. The van der Waals surface area contributed by atoms with E-state index in [1.54, 1.807) is 0 Å². The van der Waals surface area contributed by atoms with E-state index in [0.717, 1.165) is 0 Å². The second-order valence-electron chi connectivity index (χ2n) is 7.17. The zero-order valence-corrected chi connectivity index (χ0v) is 15.1. The minimum Gasteiger partial charge on any atom is -0.481 e. The van der Waals surface area contributed by atoms with Crippen molar-refractivity contribution in [2.75, 3.05) is 19.6 Å². The number of hydrogen-bond donors (Lipinski definition) is 9. The molecule has 0 amide bonds. The van der Waals surface area contributed by atoms with Crippen molar-refractivity contribution in [1.29, 1.82) is 0 Å². The lowest BCUT2D eigenvalue weighted by molar-refractivity contribution is -0.212. The molecule has 0 aliphatic heterocycles. The molecule has 2 rings (SSSR count). The number of carboxylic acids is 3. The van der Waals surface area contributed by atoms with Gasteiger partial charge in [-0.3, -0.25) is 14.4 Å². The molecule has 7 unspecified atom stereocenters. The molecular formula is C16H27N3O9. The Labute approximate surface area is 160 Å². The van der Waals surface area contributed by atoms with Crippen molar-refractivity contribution in [2.45, 2.75) is 55.2 Å². The van der Waals surface area contributed by atoms with E-state index in [4.69, 9.17) is 15.3 Å². The van der Waals surface area contributed by atoms with Gasteiger partial charge in [0.15, 0.2) is 0 Å². The predicted octanol–water partition coefficient (Wildman–Crippen LogP) is -3.62. The first-order valence-electron chi connectivity index (χ1n) is 9.04. The monoisotopic (exact) mass is 405 g/mol. The van der Waals surface area contributed by atoms with Gasteiger partial charge in [-0.1, -0.05) is 0 Å². The molecule has 0 radical (unpaired) electrons. The van der Waals surface area contributed by atoms with Gasteiger partial charge in [-0.15, -0.1) is 0 Å². The van der Waals surface area contributed by atoms with Crippen LogP contribution in [-0.2, 0) is 14.4 Å². The van der Waals surface area contributed by atoms with Crippen LogP contribution in [0.4, 0.5) is 0 Å². The number of carboxylic acid groups (broad SMARTS) is 3. The topological polar surface area (TPSA) is 209 Å². The molecule has 0 heterocycles. The Balaban J connectivity index is 2.12. The van der Waals surface area contributed by atoms with Crippen LogP contribution < -0.4 is 16.0 Å². The summed E-state index contributed by atoms with van der Waals surface area (Å²) in [6.45, 7) is 0.0138. The van der Waals surface area contributed by atoms with Crippen LogP contribution in [0.5, 0.6) is 0 Å². The van der Waals surface area contributed by atoms with Gasteiger partial charge in [0.05, 0.1) is 31.4 Å². The Hall–Kier alpha value is -1.83. The molecule has 0 saturated heterocycles. The molecule has 2 aliphatic rings. The second kappa shape index (κ2) is 9.11. The summed E-state index contributed by atoms with van der Waals surface area (Å²) in [5.74, 6) is -3.88. The van der Waals surface area contributed by atoms with Crippen molar-refractivity contribution in [2.24, 2.45) is 5.92 Å². The molecule has 7 atom stereocenters. The Bertz CT molecular complexity index is 604. The summed E-state index contributed by atoms with van der Waals surface area (Å²) in [7, 11) is 0. The molecule has 0 bridgehead atoms. The molecular weight excluding hydrogens is 378 g/mol. The van der Waals surface area contributed by atoms with Crippen molar-refractivity contribution < 1.29 is 45.0 Å². The highest BCUT2D eigenvalue weighted by Gasteiger charge is 2.73. The highest BCUT2D eigenvalue weighted by molar-refractivity contribution is 5.67. The minimum atomic E-state index is -1.78. The summed E-state index contributed by atoms with van der Waals surface area (Å²) in [6.07, 6.45) is -3.22. The highest BCUT2D eigenvalue weighted by atomic mass is 16.4. The van der Waals surface area contributed by atoms with Crippen LogP contribution in [-0.4, -0.2) is 104 Å². The Morgan fingerprint density at radius 3 is 1.64 bits per heavy atom. The molecule has 12 nitrogen and oxygen atoms in total. The Morgan fingerprint density at radius 2 is 1.18 bits per heavy atom. The van der Waals surface area contributed by atoms with E-state index >= 15 is 0 Å². The third kappa shape index (κ3) is 4.42. The number of hydrogen-bond acceptors (Lipinski definition) is 9. The van der Waals surface area contributed by atoms with Gasteiger partial charge in [-0.05, 0) is 0 Å². The van der Waals surface area contributed by atoms with Crippen LogP contribution in [0, 0.1) is 5.92 Å². The molecule has 9 N–H and O–H groups in total. The van der Waals surface area contributed by atoms with E-state index in [2.05, 4.69) is 16.0 Å². The molecule has 2 saturated carbocycles. The smallest absolute Gasteiger partial charge is 0.304 e. The van der Waals surface area contributed by atoms with Gasteiger partial charge >= 0.3 is 17.9 Å². The number of aliphatic hydroxyl groups excluding tert-OH is 2. The fourth-order valence-electron chi connectivity index (χ4n) is 4.24. The van der Waals surface area contributed by atoms with Crippen LogP contribution in [0.25, 0.3) is 0 Å². The Kier molecular flexibility index (Phi) is 7.31. The van der Waals surface area contributed by atoms with Crippen molar-refractivity contribution in [3.05, 3.63) is 0 Å². The quantitative estimate of drug-likeness (QED) is 0.154. The van der Waals surface area contributed by atoms with Gasteiger partial charge in [0.1, 0.15) is 11.7 Å². The predicted molar refractivity (Wildman–Crippen MR) is 92.6 cm³/mol. The first-order valence-corrected chi connectivity index (χ1v) is 9.04. The summed E-state index contributed by atoms with van der Waals surface area (Å²) in [5, 5.41) is 67.0. The molecule has 28 heavy (non-hydrogen) atoms. The first-order chi connectivity index (χ1) is 13.1. The van der Waals surface area contributed by atoms with E-state index < -0.39 is 59.8 Å². The van der Waals surface area contributed by atoms with Crippen LogP contribution in [0.2, 0.25) is 0 Å². The van der Waals surface area contributed by atoms with Crippen molar-refractivity contribution in [1.82, 2.24) is 16.0 Å². The standard InChI is InChI=1S/C16H27N3O9/c20-7(21)1-4-17-11-10-12(18-5-2-8(22)23)15(27)16(10,28)14(13(11)26)19-6-3-9(24)25/h10-15,17-19,26-28H,1-6H2,(H,20,21)(H,22,23)(H,24,25). The summed E-state index contributed by atoms with van der Waals surface area (Å²) in [6, 6.07) is -2.53. The van der Waals surface area contributed by atoms with E-state index in [9.17, 15) is 29.7 Å². The Morgan fingerprint density at radius 1 is 0.750 bits per heavy atom. The highest BCUT2D eigenvalue weighted by Crippen LogP contribution is 2.51. The second-order valence-corrected chi connectivity index (χ2v) is 7.17. The number of carbonyl (C=O) groups is 3. The van der Waals surface area contributed by atoms with E-state index in [-0.39, 0.29) is 38.9 Å². The number of nitrogens with one attached hydrogen (secondary N) is 3. The maximum atomic E-state index is 11.0. The zero-order chi connectivity index (χ0) is 21.1. The molecule has 2 aliphatic carbocycles. The van der Waals surface area contributed by atoms with Gasteiger partial charge in [0.25, 0.3) is 0 Å². The van der Waals surface area contributed by atoms with Crippen LogP contribution in [0.3, 0.4) is 0 Å². The molecule has 2 fully saturated rings. The van der Waals surface area contributed by atoms with Crippen molar-refractivity contribution in [3.8, 4) is 0 Å². The van der Waals surface area contributed by atoms with Crippen LogP contribution in [0.1, 0.15) is 19.3 Å². The van der Waals surface area contributed by atoms with E-state index in [1.165, 1.54) is 0 Å². The summed E-state index contributed by atoms with van der Waals surface area (Å²) >= 11 is 0. The third-order valence-corrected chi connectivity index (χ3v) is 5.47. The number of fused-ring (bicyclic) bond motifs is 1. The maximum Gasteiger partial charge on any atom is 0.304 e. The average molecular weight is 405 g/mol. The van der Waals surface area contributed by atoms with E-state index in [0.29, 0.717) is 0 Å². The molecule has 0 spiro atoms. The molecule has 0 aromatic heterocycles. The number of aliphatic hydroxyl groups is 3. The lowest BCUT2D eigenvalue weighted by atomic mass is 9.62. The maximum absolute atomic E-state index is 11.0. The molecule has 12 heteroatoms. The molecule has 0 aromatic rings. The largest absolute Gasteiger partial charge is 0.481 e. The summed E-state index contributed by atoms with van der Waals surface area (Å²) < 4.78 is 0. The van der Waals surface area contributed by atoms with Gasteiger partial charge in [-0.25, -0.2) is 0 Å². The lowest BCUT2D eigenvalue weighted by Crippen LogP contribution is -2.78. The minimum absolute atomic E-state index is 0.0173. The summed E-state index contributed by atoms with van der Waals surface area (Å²) in [4.78, 5) is 32.1. The van der Waals surface area contributed by atoms with Gasteiger partial charge < -0.3 is 46.6 Å². The number of aliphatic carboxylic acids is 3. The SMILES string of the molecule is O=C(O)CCNC1C(O)C(NCCC(=O)O)C2(O)C(O)C(NCCC(=O)O)C12. The molecule has 0 aromatic carbocycles. The van der Waals surface area contributed by atoms with Crippen molar-refractivity contribution >= 4 is 17.9 Å². The van der Waals surface area contributed by atoms with Gasteiger partial charge in [0, 0.05) is 37.6 Å². The van der Waals surface area contributed by atoms with Gasteiger partial charge in [0.2, 0.25) is 0 Å². The third-order valence-electron chi connectivity index (χ3n) is 5.47. The van der Waals surface area contributed by atoms with Crippen LogP contribution in [0.15, 0.2) is 0 Å². The van der Waals surface area contributed by atoms with Crippen LogP contribution >= 0.6 is 0 Å². The van der Waals surface area contributed by atoms with Crippen molar-refractivity contribution in [3.63, 3.8) is 0 Å². The first kappa shape index (κ1) is 22.5. The normalized spacial score (nSPS) is 36.5. The van der Waals surface area contributed by atoms with Gasteiger partial charge in [-0.2, -0.15) is 0 Å². The summed E-state index contributed by atoms with van der Waals surface area (Å²) in [5.41, 5.74) is -1.78.